The van der Waals surface area contributed by atoms with Gasteiger partial charge in [0.15, 0.2) is 5.60 Å². The van der Waals surface area contributed by atoms with E-state index in [0.717, 1.165) is 5.56 Å². The van der Waals surface area contributed by atoms with Gasteiger partial charge in [0.2, 0.25) is 0 Å². The van der Waals surface area contributed by atoms with Crippen LogP contribution in [-0.2, 0) is 16.0 Å². The Morgan fingerprint density at radius 1 is 1.31 bits per heavy atom. The summed E-state index contributed by atoms with van der Waals surface area (Å²) < 4.78 is 5.39. The van der Waals surface area contributed by atoms with E-state index in [1.54, 1.807) is 25.1 Å². The summed E-state index contributed by atoms with van der Waals surface area (Å²) in [6.07, 6.45) is 1.81. The Labute approximate surface area is 160 Å². The molecule has 1 aromatic heterocycles. The number of amides is 1. The number of carbonyl (C=O) groups is 2. The number of hydrogen-bond donors (Lipinski definition) is 2. The molecule has 136 valence electrons. The van der Waals surface area contributed by atoms with E-state index in [1.165, 1.54) is 6.20 Å². The summed E-state index contributed by atoms with van der Waals surface area (Å²) in [4.78, 5) is 28.7. The van der Waals surface area contributed by atoms with Crippen molar-refractivity contribution in [2.45, 2.75) is 18.9 Å². The van der Waals surface area contributed by atoms with Crippen LogP contribution in [0.4, 0.5) is 5.82 Å². The molecular formula is C18H17Cl2N3O3. The van der Waals surface area contributed by atoms with E-state index in [2.05, 4.69) is 15.6 Å². The van der Waals surface area contributed by atoms with Crippen LogP contribution < -0.4 is 10.6 Å². The lowest BCUT2D eigenvalue weighted by atomic mass is 9.89. The van der Waals surface area contributed by atoms with E-state index >= 15 is 0 Å². The molecule has 0 saturated carbocycles. The number of cyclic esters (lactones) is 1. The van der Waals surface area contributed by atoms with Crippen molar-refractivity contribution < 1.29 is 14.3 Å². The number of nitrogens with one attached hydrogen (secondary N) is 2. The van der Waals surface area contributed by atoms with Crippen molar-refractivity contribution in [2.75, 3.05) is 18.4 Å². The summed E-state index contributed by atoms with van der Waals surface area (Å²) >= 11 is 11.8. The largest absolute Gasteiger partial charge is 0.445 e. The van der Waals surface area contributed by atoms with Gasteiger partial charge in [0.05, 0.1) is 15.6 Å². The zero-order valence-corrected chi connectivity index (χ0v) is 15.5. The zero-order chi connectivity index (χ0) is 18.7. The van der Waals surface area contributed by atoms with Crippen molar-refractivity contribution in [2.24, 2.45) is 0 Å². The SMILES string of the molecule is CC1(C(=O)NCCNc2ncc(Cl)cc2Cl)Cc2ccccc2C(=O)O1. The minimum atomic E-state index is -1.23. The molecule has 26 heavy (non-hydrogen) atoms. The minimum Gasteiger partial charge on any atom is -0.445 e. The number of anilines is 1. The number of hydrogen-bond acceptors (Lipinski definition) is 5. The van der Waals surface area contributed by atoms with E-state index in [4.69, 9.17) is 27.9 Å². The third-order valence-corrected chi connectivity index (χ3v) is 4.57. The van der Waals surface area contributed by atoms with Crippen LogP contribution in [0.15, 0.2) is 36.5 Å². The number of fused-ring (bicyclic) bond motifs is 1. The van der Waals surface area contributed by atoms with Crippen LogP contribution in [-0.4, -0.2) is 35.6 Å². The van der Waals surface area contributed by atoms with Crippen LogP contribution in [0.2, 0.25) is 10.0 Å². The maximum Gasteiger partial charge on any atom is 0.339 e. The first-order chi connectivity index (χ1) is 12.4. The van der Waals surface area contributed by atoms with Gasteiger partial charge in [-0.3, -0.25) is 4.79 Å². The summed E-state index contributed by atoms with van der Waals surface area (Å²) in [5, 5.41) is 6.62. The van der Waals surface area contributed by atoms with Gasteiger partial charge in [0.1, 0.15) is 5.82 Å². The number of ether oxygens (including phenoxy) is 1. The van der Waals surface area contributed by atoms with E-state index < -0.39 is 11.6 Å². The summed E-state index contributed by atoms with van der Waals surface area (Å²) in [5.74, 6) is -0.355. The van der Waals surface area contributed by atoms with Crippen LogP contribution in [0.5, 0.6) is 0 Å². The summed E-state index contributed by atoms with van der Waals surface area (Å²) in [6.45, 7) is 2.33. The van der Waals surface area contributed by atoms with Gasteiger partial charge in [-0.05, 0) is 24.6 Å². The van der Waals surface area contributed by atoms with Crippen molar-refractivity contribution in [1.29, 1.82) is 0 Å². The molecular weight excluding hydrogens is 377 g/mol. The topological polar surface area (TPSA) is 80.3 Å². The number of carbonyl (C=O) groups excluding carboxylic acids is 2. The van der Waals surface area contributed by atoms with Crippen molar-refractivity contribution in [1.82, 2.24) is 10.3 Å². The fraction of sp³-hybridized carbons (Fsp3) is 0.278. The Balaban J connectivity index is 1.56. The van der Waals surface area contributed by atoms with E-state index in [-0.39, 0.29) is 5.91 Å². The van der Waals surface area contributed by atoms with Gasteiger partial charge in [-0.2, -0.15) is 0 Å². The van der Waals surface area contributed by atoms with Crippen molar-refractivity contribution in [3.63, 3.8) is 0 Å². The molecule has 0 bridgehead atoms. The van der Waals surface area contributed by atoms with Crippen molar-refractivity contribution in [3.8, 4) is 0 Å². The lowest BCUT2D eigenvalue weighted by molar-refractivity contribution is -0.139. The van der Waals surface area contributed by atoms with Gasteiger partial charge in [-0.25, -0.2) is 9.78 Å². The van der Waals surface area contributed by atoms with Crippen LogP contribution in [0.1, 0.15) is 22.8 Å². The molecule has 1 unspecified atom stereocenters. The molecule has 0 aliphatic carbocycles. The summed E-state index contributed by atoms with van der Waals surface area (Å²) in [5.41, 5.74) is 0.0706. The van der Waals surface area contributed by atoms with E-state index in [0.29, 0.717) is 40.9 Å². The van der Waals surface area contributed by atoms with E-state index in [9.17, 15) is 9.59 Å². The molecule has 1 atom stereocenters. The Hall–Kier alpha value is -2.31. The summed E-state index contributed by atoms with van der Waals surface area (Å²) in [6, 6.07) is 8.71. The van der Waals surface area contributed by atoms with Crippen LogP contribution in [0.25, 0.3) is 0 Å². The van der Waals surface area contributed by atoms with Gasteiger partial charge in [0.25, 0.3) is 5.91 Å². The van der Waals surface area contributed by atoms with Gasteiger partial charge in [-0.1, -0.05) is 41.4 Å². The molecule has 6 nitrogen and oxygen atoms in total. The molecule has 8 heteroatoms. The molecule has 1 amide bonds. The Morgan fingerprint density at radius 3 is 2.85 bits per heavy atom. The molecule has 2 heterocycles. The Kier molecular flexibility index (Phi) is 5.34. The third-order valence-electron chi connectivity index (χ3n) is 4.07. The lowest BCUT2D eigenvalue weighted by Gasteiger charge is -2.33. The number of halogens is 2. The highest BCUT2D eigenvalue weighted by molar-refractivity contribution is 6.35. The lowest BCUT2D eigenvalue weighted by Crippen LogP contribution is -2.52. The summed E-state index contributed by atoms with van der Waals surface area (Å²) in [7, 11) is 0. The number of aromatic nitrogens is 1. The Morgan fingerprint density at radius 2 is 2.08 bits per heavy atom. The Bertz CT molecular complexity index is 859. The fourth-order valence-electron chi connectivity index (χ4n) is 2.75. The number of rotatable bonds is 5. The standard InChI is InChI=1S/C18H17Cl2N3O3/c1-18(9-11-4-2-3-5-13(11)16(24)26-18)17(25)22-7-6-21-15-14(20)8-12(19)10-23-15/h2-5,8,10H,6-7,9H2,1H3,(H,21,23)(H,22,25). The first-order valence-corrected chi connectivity index (χ1v) is 8.79. The fourth-order valence-corrected chi connectivity index (χ4v) is 3.19. The molecule has 1 aliphatic heterocycles. The van der Waals surface area contributed by atoms with Gasteiger partial charge in [-0.15, -0.1) is 0 Å². The molecule has 0 fully saturated rings. The highest BCUT2D eigenvalue weighted by Crippen LogP contribution is 2.28. The predicted octanol–water partition coefficient (Wildman–Crippen LogP) is 3.09. The van der Waals surface area contributed by atoms with Crippen LogP contribution >= 0.6 is 23.2 Å². The minimum absolute atomic E-state index is 0.314. The molecule has 0 radical (unpaired) electrons. The zero-order valence-electron chi connectivity index (χ0n) is 14.0. The third kappa shape index (κ3) is 3.92. The monoisotopic (exact) mass is 393 g/mol. The van der Waals surface area contributed by atoms with Gasteiger partial charge >= 0.3 is 5.97 Å². The molecule has 2 aromatic rings. The second-order valence-electron chi connectivity index (χ2n) is 6.12. The number of nitrogens with zero attached hydrogens (tertiary/aromatic N) is 1. The maximum atomic E-state index is 12.5. The number of benzene rings is 1. The van der Waals surface area contributed by atoms with Crippen molar-refractivity contribution in [3.05, 3.63) is 57.7 Å². The smallest absolute Gasteiger partial charge is 0.339 e. The van der Waals surface area contributed by atoms with Gasteiger partial charge in [0, 0.05) is 25.7 Å². The predicted molar refractivity (Wildman–Crippen MR) is 99.7 cm³/mol. The quantitative estimate of drug-likeness (QED) is 0.602. The van der Waals surface area contributed by atoms with E-state index in [1.807, 2.05) is 12.1 Å². The molecule has 1 aliphatic rings. The average Bonchev–Trinajstić information content (AvgIpc) is 2.60. The van der Waals surface area contributed by atoms with Crippen LogP contribution in [0, 0.1) is 0 Å². The second-order valence-corrected chi connectivity index (χ2v) is 6.96. The normalized spacial score (nSPS) is 18.7. The van der Waals surface area contributed by atoms with Crippen molar-refractivity contribution >= 4 is 40.9 Å². The average molecular weight is 394 g/mol. The maximum absolute atomic E-state index is 12.5. The highest BCUT2D eigenvalue weighted by atomic mass is 35.5. The first kappa shape index (κ1) is 18.5. The molecule has 0 saturated heterocycles. The molecule has 2 N–H and O–H groups in total. The molecule has 3 rings (SSSR count). The molecule has 0 spiro atoms. The number of pyridine rings is 1. The first-order valence-electron chi connectivity index (χ1n) is 8.03. The number of esters is 1. The van der Waals surface area contributed by atoms with Crippen LogP contribution in [0.3, 0.4) is 0 Å². The van der Waals surface area contributed by atoms with Gasteiger partial charge < -0.3 is 15.4 Å². The highest BCUT2D eigenvalue weighted by Gasteiger charge is 2.42. The molecule has 1 aromatic carbocycles. The second kappa shape index (κ2) is 7.51.